The van der Waals surface area contributed by atoms with Crippen LogP contribution >= 0.6 is 0 Å². The Balaban J connectivity index is 1.68. The van der Waals surface area contributed by atoms with Gasteiger partial charge in [0.15, 0.2) is 0 Å². The molecule has 2 saturated carbocycles. The van der Waals surface area contributed by atoms with Gasteiger partial charge in [0.05, 0.1) is 0 Å². The molecule has 1 saturated heterocycles. The summed E-state index contributed by atoms with van der Waals surface area (Å²) in [5.74, 6) is 2.96. The van der Waals surface area contributed by atoms with Crippen LogP contribution in [-0.4, -0.2) is 37.1 Å². The van der Waals surface area contributed by atoms with E-state index < -0.39 is 0 Å². The van der Waals surface area contributed by atoms with Crippen molar-refractivity contribution < 1.29 is 0 Å². The zero-order valence-corrected chi connectivity index (χ0v) is 14.0. The minimum Gasteiger partial charge on any atom is -0.315 e. The smallest absolute Gasteiger partial charge is 0.0252 e. The van der Waals surface area contributed by atoms with Gasteiger partial charge in [0.2, 0.25) is 0 Å². The molecular formula is C18H34N2. The molecule has 0 aromatic heterocycles. The first kappa shape index (κ1) is 14.8. The maximum Gasteiger partial charge on any atom is 0.0252 e. The van der Waals surface area contributed by atoms with Crippen molar-refractivity contribution in [1.29, 1.82) is 0 Å². The monoisotopic (exact) mass is 278 g/mol. The summed E-state index contributed by atoms with van der Waals surface area (Å²) in [6.45, 7) is 10.1. The standard InChI is InChI=1S/C18H34N2/c1-18(2,3)15-8-9-16(19-4)17(10-15)20-11-13-6-5-7-14(13)12-20/h13-17,19H,5-12H2,1-4H3. The summed E-state index contributed by atoms with van der Waals surface area (Å²) < 4.78 is 0. The summed E-state index contributed by atoms with van der Waals surface area (Å²) in [6.07, 6.45) is 8.69. The molecule has 1 N–H and O–H groups in total. The topological polar surface area (TPSA) is 15.3 Å². The lowest BCUT2D eigenvalue weighted by atomic mass is 9.69. The molecule has 0 spiro atoms. The Morgan fingerprint density at radius 2 is 1.60 bits per heavy atom. The normalized spacial score (nSPS) is 42.9. The van der Waals surface area contributed by atoms with Crippen LogP contribution < -0.4 is 5.32 Å². The molecule has 0 aromatic rings. The highest BCUT2D eigenvalue weighted by molar-refractivity contribution is 4.98. The first-order chi connectivity index (χ1) is 9.49. The highest BCUT2D eigenvalue weighted by atomic mass is 15.2. The van der Waals surface area contributed by atoms with E-state index in [0.717, 1.165) is 29.8 Å². The molecule has 2 aliphatic carbocycles. The fourth-order valence-corrected chi connectivity index (χ4v) is 5.22. The van der Waals surface area contributed by atoms with E-state index in [1.54, 1.807) is 0 Å². The van der Waals surface area contributed by atoms with Crippen LogP contribution in [0.1, 0.15) is 59.3 Å². The molecule has 2 heteroatoms. The van der Waals surface area contributed by atoms with E-state index in [-0.39, 0.29) is 0 Å². The van der Waals surface area contributed by atoms with Crippen LogP contribution in [0.3, 0.4) is 0 Å². The predicted molar refractivity (Wildman–Crippen MR) is 85.8 cm³/mol. The summed E-state index contributed by atoms with van der Waals surface area (Å²) in [5, 5.41) is 3.63. The molecule has 20 heavy (non-hydrogen) atoms. The van der Waals surface area contributed by atoms with E-state index in [2.05, 4.69) is 38.0 Å². The molecule has 3 rings (SSSR count). The minimum absolute atomic E-state index is 0.479. The zero-order chi connectivity index (χ0) is 14.3. The summed E-state index contributed by atoms with van der Waals surface area (Å²) >= 11 is 0. The molecule has 3 aliphatic rings. The fourth-order valence-electron chi connectivity index (χ4n) is 5.22. The molecule has 1 aliphatic heterocycles. The van der Waals surface area contributed by atoms with Crippen molar-refractivity contribution in [3.05, 3.63) is 0 Å². The van der Waals surface area contributed by atoms with Gasteiger partial charge < -0.3 is 5.32 Å². The summed E-state index contributed by atoms with van der Waals surface area (Å²) in [6, 6.07) is 1.52. The van der Waals surface area contributed by atoms with Crippen molar-refractivity contribution in [2.45, 2.75) is 71.4 Å². The van der Waals surface area contributed by atoms with Gasteiger partial charge in [0.1, 0.15) is 0 Å². The lowest BCUT2D eigenvalue weighted by molar-refractivity contribution is 0.0693. The largest absolute Gasteiger partial charge is 0.315 e. The van der Waals surface area contributed by atoms with Crippen molar-refractivity contribution in [3.8, 4) is 0 Å². The molecule has 5 atom stereocenters. The quantitative estimate of drug-likeness (QED) is 0.831. The van der Waals surface area contributed by atoms with Crippen LogP contribution in [0.25, 0.3) is 0 Å². The molecule has 0 radical (unpaired) electrons. The van der Waals surface area contributed by atoms with Gasteiger partial charge in [0.25, 0.3) is 0 Å². The average molecular weight is 278 g/mol. The van der Waals surface area contributed by atoms with Gasteiger partial charge in [-0.15, -0.1) is 0 Å². The van der Waals surface area contributed by atoms with E-state index in [9.17, 15) is 0 Å². The number of hydrogen-bond donors (Lipinski definition) is 1. The highest BCUT2D eigenvalue weighted by Crippen LogP contribution is 2.43. The zero-order valence-electron chi connectivity index (χ0n) is 14.0. The Bertz CT molecular complexity index is 321. The number of nitrogens with zero attached hydrogens (tertiary/aromatic N) is 1. The average Bonchev–Trinajstić information content (AvgIpc) is 2.97. The number of fused-ring (bicyclic) bond motifs is 1. The van der Waals surface area contributed by atoms with Gasteiger partial charge in [-0.05, 0) is 62.3 Å². The maximum absolute atomic E-state index is 3.63. The van der Waals surface area contributed by atoms with Crippen LogP contribution in [0.15, 0.2) is 0 Å². The van der Waals surface area contributed by atoms with E-state index in [4.69, 9.17) is 0 Å². The lowest BCUT2D eigenvalue weighted by Gasteiger charge is -2.45. The molecule has 2 nitrogen and oxygen atoms in total. The molecule has 3 fully saturated rings. The van der Waals surface area contributed by atoms with E-state index in [1.807, 2.05) is 0 Å². The van der Waals surface area contributed by atoms with Gasteiger partial charge in [-0.25, -0.2) is 0 Å². The molecule has 1 heterocycles. The summed E-state index contributed by atoms with van der Waals surface area (Å²) in [5.41, 5.74) is 0.479. The second-order valence-electron chi connectivity index (χ2n) is 8.74. The number of likely N-dealkylation sites (N-methyl/N-ethyl adjacent to an activating group) is 1. The van der Waals surface area contributed by atoms with Gasteiger partial charge in [-0.1, -0.05) is 27.2 Å². The Morgan fingerprint density at radius 3 is 2.15 bits per heavy atom. The first-order valence-corrected chi connectivity index (χ1v) is 8.90. The Morgan fingerprint density at radius 1 is 0.950 bits per heavy atom. The second kappa shape index (κ2) is 5.61. The molecule has 0 amide bonds. The van der Waals surface area contributed by atoms with Crippen LogP contribution in [0.2, 0.25) is 0 Å². The van der Waals surface area contributed by atoms with Crippen molar-refractivity contribution >= 4 is 0 Å². The fraction of sp³-hybridized carbons (Fsp3) is 1.00. The SMILES string of the molecule is CNC1CCC(C(C)(C)C)CC1N1CC2CCCC2C1. The third-order valence-corrected chi connectivity index (χ3v) is 6.64. The van der Waals surface area contributed by atoms with Gasteiger partial charge >= 0.3 is 0 Å². The lowest BCUT2D eigenvalue weighted by Crippen LogP contribution is -2.53. The number of hydrogen-bond acceptors (Lipinski definition) is 2. The van der Waals surface area contributed by atoms with Crippen LogP contribution in [0.5, 0.6) is 0 Å². The Kier molecular flexibility index (Phi) is 4.16. The minimum atomic E-state index is 0.479. The molecule has 0 bridgehead atoms. The van der Waals surface area contributed by atoms with Gasteiger partial charge in [-0.3, -0.25) is 4.90 Å². The Labute approximate surface area is 125 Å². The number of nitrogens with one attached hydrogen (secondary N) is 1. The van der Waals surface area contributed by atoms with Crippen LogP contribution in [0, 0.1) is 23.2 Å². The molecule has 0 aromatic carbocycles. The van der Waals surface area contributed by atoms with E-state index in [0.29, 0.717) is 5.41 Å². The second-order valence-corrected chi connectivity index (χ2v) is 8.74. The van der Waals surface area contributed by atoms with Crippen LogP contribution in [0.4, 0.5) is 0 Å². The molecule has 5 unspecified atom stereocenters. The highest BCUT2D eigenvalue weighted by Gasteiger charge is 2.43. The molecular weight excluding hydrogens is 244 g/mol. The Hall–Kier alpha value is -0.0800. The van der Waals surface area contributed by atoms with Crippen molar-refractivity contribution in [1.82, 2.24) is 10.2 Å². The third-order valence-electron chi connectivity index (χ3n) is 6.64. The van der Waals surface area contributed by atoms with Gasteiger partial charge in [0, 0.05) is 25.2 Å². The number of likely N-dealkylation sites (tertiary alicyclic amines) is 1. The van der Waals surface area contributed by atoms with Crippen molar-refractivity contribution in [2.24, 2.45) is 23.2 Å². The van der Waals surface area contributed by atoms with E-state index in [1.165, 1.54) is 51.6 Å². The summed E-state index contributed by atoms with van der Waals surface area (Å²) in [7, 11) is 2.17. The van der Waals surface area contributed by atoms with Crippen LogP contribution in [-0.2, 0) is 0 Å². The first-order valence-electron chi connectivity index (χ1n) is 8.90. The van der Waals surface area contributed by atoms with Gasteiger partial charge in [-0.2, -0.15) is 0 Å². The summed E-state index contributed by atoms with van der Waals surface area (Å²) in [4.78, 5) is 2.87. The number of rotatable bonds is 2. The molecule has 116 valence electrons. The maximum atomic E-state index is 3.63. The van der Waals surface area contributed by atoms with E-state index >= 15 is 0 Å². The van der Waals surface area contributed by atoms with Crippen molar-refractivity contribution in [2.75, 3.05) is 20.1 Å². The van der Waals surface area contributed by atoms with Crippen molar-refractivity contribution in [3.63, 3.8) is 0 Å². The third kappa shape index (κ3) is 2.78. The predicted octanol–water partition coefficient (Wildman–Crippen LogP) is 3.52.